The highest BCUT2D eigenvalue weighted by molar-refractivity contribution is 5.75. The van der Waals surface area contributed by atoms with Crippen LogP contribution in [0.15, 0.2) is 12.4 Å². The molecular formula is C10H18N4O. The van der Waals surface area contributed by atoms with Crippen LogP contribution in [0.2, 0.25) is 0 Å². The number of hydrogen-bond acceptors (Lipinski definition) is 3. The fraction of sp³-hybridized carbons (Fsp3) is 0.600. The molecule has 5 nitrogen and oxygen atoms in total. The molecule has 0 aliphatic heterocycles. The van der Waals surface area contributed by atoms with E-state index in [1.165, 1.54) is 0 Å². The van der Waals surface area contributed by atoms with Crippen molar-refractivity contribution in [1.82, 2.24) is 9.55 Å². The summed E-state index contributed by atoms with van der Waals surface area (Å²) in [5.41, 5.74) is 4.80. The molecule has 0 fully saturated rings. The number of primary amides is 1. The Hall–Kier alpha value is -1.52. The van der Waals surface area contributed by atoms with Gasteiger partial charge in [0.05, 0.1) is 0 Å². The lowest BCUT2D eigenvalue weighted by molar-refractivity contribution is -0.118. The lowest BCUT2D eigenvalue weighted by atomic mass is 10.0. The molecule has 1 aromatic rings. The van der Waals surface area contributed by atoms with Crippen molar-refractivity contribution in [3.63, 3.8) is 0 Å². The van der Waals surface area contributed by atoms with Gasteiger partial charge in [0.15, 0.2) is 0 Å². The van der Waals surface area contributed by atoms with Gasteiger partial charge < -0.3 is 15.6 Å². The smallest absolute Gasteiger partial charge is 0.219 e. The van der Waals surface area contributed by atoms with Crippen molar-refractivity contribution in [2.75, 3.05) is 5.32 Å². The number of imidazole rings is 1. The monoisotopic (exact) mass is 210 g/mol. The number of nitrogens with zero attached hydrogens (tertiary/aromatic N) is 2. The molecule has 0 aliphatic carbocycles. The van der Waals surface area contributed by atoms with E-state index in [-0.39, 0.29) is 17.9 Å². The van der Waals surface area contributed by atoms with Crippen LogP contribution in [-0.4, -0.2) is 21.0 Å². The number of aromatic nitrogens is 2. The number of hydrogen-bond donors (Lipinski definition) is 2. The summed E-state index contributed by atoms with van der Waals surface area (Å²) in [5.74, 6) is 0.450. The minimum absolute atomic E-state index is 0.281. The Morgan fingerprint density at radius 3 is 2.87 bits per heavy atom. The lowest BCUT2D eigenvalue weighted by Gasteiger charge is -2.25. The van der Waals surface area contributed by atoms with Crippen molar-refractivity contribution in [3.05, 3.63) is 12.4 Å². The first-order chi connectivity index (χ1) is 6.94. The third-order valence-corrected chi connectivity index (χ3v) is 2.12. The number of nitrogens with two attached hydrogens (primary N) is 1. The molecule has 0 bridgehead atoms. The maximum absolute atomic E-state index is 10.9. The normalized spacial score (nSPS) is 11.4. The average Bonchev–Trinajstić information content (AvgIpc) is 2.48. The zero-order valence-electron chi connectivity index (χ0n) is 9.45. The quantitative estimate of drug-likeness (QED) is 0.760. The predicted octanol–water partition coefficient (Wildman–Crippen LogP) is 0.969. The van der Waals surface area contributed by atoms with E-state index in [9.17, 15) is 4.79 Å². The molecule has 0 aliphatic rings. The minimum Gasteiger partial charge on any atom is -0.370 e. The third-order valence-electron chi connectivity index (χ3n) is 2.12. The van der Waals surface area contributed by atoms with E-state index >= 15 is 0 Å². The van der Waals surface area contributed by atoms with Gasteiger partial charge in [-0.05, 0) is 20.8 Å². The van der Waals surface area contributed by atoms with E-state index in [1.54, 1.807) is 6.20 Å². The third kappa shape index (κ3) is 3.27. The highest BCUT2D eigenvalue weighted by Gasteiger charge is 2.21. The lowest BCUT2D eigenvalue weighted by Crippen LogP contribution is -2.37. The Labute approximate surface area is 89.7 Å². The van der Waals surface area contributed by atoms with Crippen LogP contribution in [0.25, 0.3) is 0 Å². The van der Waals surface area contributed by atoms with Crippen LogP contribution in [0.3, 0.4) is 0 Å². The Balaban J connectivity index is 2.72. The summed E-state index contributed by atoms with van der Waals surface area (Å²) < 4.78 is 1.97. The van der Waals surface area contributed by atoms with Gasteiger partial charge in [0.25, 0.3) is 0 Å². The first-order valence-corrected chi connectivity index (χ1v) is 5.02. The van der Waals surface area contributed by atoms with Gasteiger partial charge in [0, 0.05) is 30.9 Å². The molecule has 84 valence electrons. The zero-order valence-corrected chi connectivity index (χ0v) is 9.45. The number of anilines is 1. The standard InChI is InChI=1S/C10H18N4O/c1-4-14-6-5-12-9(14)13-10(2,3)7-8(11)15/h5-6H,4,7H2,1-3H3,(H2,11,15)(H,12,13). The largest absolute Gasteiger partial charge is 0.370 e. The molecular weight excluding hydrogens is 192 g/mol. The number of nitrogens with one attached hydrogen (secondary N) is 1. The molecule has 0 saturated carbocycles. The molecule has 1 rings (SSSR count). The Kier molecular flexibility index (Phi) is 3.34. The summed E-state index contributed by atoms with van der Waals surface area (Å²) in [6, 6.07) is 0. The molecule has 1 aromatic heterocycles. The van der Waals surface area contributed by atoms with Gasteiger partial charge in [-0.15, -0.1) is 0 Å². The molecule has 0 aromatic carbocycles. The second kappa shape index (κ2) is 4.33. The van der Waals surface area contributed by atoms with Gasteiger partial charge in [-0.1, -0.05) is 0 Å². The van der Waals surface area contributed by atoms with E-state index in [0.717, 1.165) is 12.5 Å². The summed E-state index contributed by atoms with van der Waals surface area (Å²) >= 11 is 0. The van der Waals surface area contributed by atoms with Gasteiger partial charge in [0.2, 0.25) is 11.9 Å². The van der Waals surface area contributed by atoms with Crippen molar-refractivity contribution >= 4 is 11.9 Å². The van der Waals surface area contributed by atoms with Gasteiger partial charge in [-0.2, -0.15) is 0 Å². The van der Waals surface area contributed by atoms with E-state index in [1.807, 2.05) is 31.5 Å². The van der Waals surface area contributed by atoms with E-state index in [4.69, 9.17) is 5.73 Å². The topological polar surface area (TPSA) is 72.9 Å². The number of aryl methyl sites for hydroxylation is 1. The highest BCUT2D eigenvalue weighted by Crippen LogP contribution is 2.16. The fourth-order valence-corrected chi connectivity index (χ4v) is 1.47. The van der Waals surface area contributed by atoms with E-state index in [0.29, 0.717) is 0 Å². The van der Waals surface area contributed by atoms with Crippen LogP contribution in [0.1, 0.15) is 27.2 Å². The fourth-order valence-electron chi connectivity index (χ4n) is 1.47. The summed E-state index contributed by atoms with van der Waals surface area (Å²) in [5, 5.41) is 3.20. The van der Waals surface area contributed by atoms with Crippen LogP contribution >= 0.6 is 0 Å². The van der Waals surface area contributed by atoms with Crippen molar-refractivity contribution in [1.29, 1.82) is 0 Å². The molecule has 0 atom stereocenters. The van der Waals surface area contributed by atoms with Crippen molar-refractivity contribution in [2.24, 2.45) is 5.73 Å². The molecule has 0 unspecified atom stereocenters. The minimum atomic E-state index is -0.371. The zero-order chi connectivity index (χ0) is 11.5. The molecule has 0 radical (unpaired) electrons. The van der Waals surface area contributed by atoms with Crippen molar-refractivity contribution in [2.45, 2.75) is 39.3 Å². The maximum Gasteiger partial charge on any atom is 0.219 e. The van der Waals surface area contributed by atoms with Gasteiger partial charge in [-0.25, -0.2) is 4.98 Å². The summed E-state index contributed by atoms with van der Waals surface area (Å²) in [6.07, 6.45) is 3.90. The van der Waals surface area contributed by atoms with Crippen molar-refractivity contribution in [3.8, 4) is 0 Å². The molecule has 15 heavy (non-hydrogen) atoms. The Morgan fingerprint density at radius 2 is 2.33 bits per heavy atom. The molecule has 3 N–H and O–H groups in total. The highest BCUT2D eigenvalue weighted by atomic mass is 16.1. The maximum atomic E-state index is 10.9. The number of carbonyl (C=O) groups excluding carboxylic acids is 1. The molecule has 0 saturated heterocycles. The molecule has 0 spiro atoms. The van der Waals surface area contributed by atoms with Crippen molar-refractivity contribution < 1.29 is 4.79 Å². The molecule has 5 heteroatoms. The molecule has 1 heterocycles. The van der Waals surface area contributed by atoms with Crippen LogP contribution in [0.5, 0.6) is 0 Å². The summed E-state index contributed by atoms with van der Waals surface area (Å²) in [4.78, 5) is 15.0. The second-order valence-corrected chi connectivity index (χ2v) is 4.19. The number of rotatable bonds is 5. The Bertz CT molecular complexity index is 343. The van der Waals surface area contributed by atoms with Crippen LogP contribution in [-0.2, 0) is 11.3 Å². The first-order valence-electron chi connectivity index (χ1n) is 5.02. The summed E-state index contributed by atoms with van der Waals surface area (Å²) in [7, 11) is 0. The second-order valence-electron chi connectivity index (χ2n) is 4.19. The van der Waals surface area contributed by atoms with Gasteiger partial charge in [0.1, 0.15) is 0 Å². The van der Waals surface area contributed by atoms with Gasteiger partial charge in [-0.3, -0.25) is 4.79 Å². The summed E-state index contributed by atoms with van der Waals surface area (Å²) in [6.45, 7) is 6.72. The van der Waals surface area contributed by atoms with E-state index < -0.39 is 0 Å². The van der Waals surface area contributed by atoms with Crippen LogP contribution in [0.4, 0.5) is 5.95 Å². The number of amides is 1. The first kappa shape index (κ1) is 11.6. The van der Waals surface area contributed by atoms with E-state index in [2.05, 4.69) is 10.3 Å². The van der Waals surface area contributed by atoms with Crippen LogP contribution < -0.4 is 11.1 Å². The predicted molar refractivity (Wildman–Crippen MR) is 59.4 cm³/mol. The number of carbonyl (C=O) groups is 1. The van der Waals surface area contributed by atoms with Gasteiger partial charge >= 0.3 is 0 Å². The molecule has 1 amide bonds. The average molecular weight is 210 g/mol. The Morgan fingerprint density at radius 1 is 1.67 bits per heavy atom. The van der Waals surface area contributed by atoms with Crippen LogP contribution in [0, 0.1) is 0 Å². The SMILES string of the molecule is CCn1ccnc1NC(C)(C)CC(N)=O.